The monoisotopic (exact) mass is 211 g/mol. The van der Waals surface area contributed by atoms with Gasteiger partial charge in [-0.1, -0.05) is 23.7 Å². The molecule has 0 atom stereocenters. The summed E-state index contributed by atoms with van der Waals surface area (Å²) in [5.41, 5.74) is 0.672. The molecule has 1 heterocycles. The van der Waals surface area contributed by atoms with Crippen LogP contribution in [-0.2, 0) is 0 Å². The Kier molecular flexibility index (Phi) is 2.05. The summed E-state index contributed by atoms with van der Waals surface area (Å²) in [4.78, 5) is 13.0. The summed E-state index contributed by atoms with van der Waals surface area (Å²) in [6, 6.07) is 6.88. The molecule has 0 aliphatic heterocycles. The Hall–Kier alpha value is -1.68. The maximum atomic E-state index is 10.3. The number of hydrogen-bond donors (Lipinski definition) is 2. The lowest BCUT2D eigenvalue weighted by Gasteiger charge is -1.93. The van der Waals surface area contributed by atoms with Crippen molar-refractivity contribution in [3.8, 4) is 5.88 Å². The van der Waals surface area contributed by atoms with Gasteiger partial charge >= 0.3 is 6.16 Å². The molecule has 0 aliphatic rings. The van der Waals surface area contributed by atoms with Gasteiger partial charge < -0.3 is 14.8 Å². The topological polar surface area (TPSA) is 62.3 Å². The summed E-state index contributed by atoms with van der Waals surface area (Å²) >= 11 is 5.87. The third-order valence-electron chi connectivity index (χ3n) is 1.78. The Morgan fingerprint density at radius 1 is 1.50 bits per heavy atom. The molecule has 0 aliphatic carbocycles. The maximum absolute atomic E-state index is 10.3. The fourth-order valence-electron chi connectivity index (χ4n) is 1.24. The van der Waals surface area contributed by atoms with Gasteiger partial charge in [0.1, 0.15) is 0 Å². The zero-order valence-corrected chi connectivity index (χ0v) is 7.71. The van der Waals surface area contributed by atoms with Crippen LogP contribution in [0.1, 0.15) is 0 Å². The van der Waals surface area contributed by atoms with Gasteiger partial charge in [-0.2, -0.15) is 0 Å². The summed E-state index contributed by atoms with van der Waals surface area (Å²) in [7, 11) is 0. The number of halogens is 1. The molecule has 0 radical (unpaired) electrons. The standard InChI is InChI=1S/C9H6ClNO3/c10-6-3-1-2-5-4-7(11-8(5)6)14-9(12)13/h1-4,11H,(H,12,13). The van der Waals surface area contributed by atoms with Crippen molar-refractivity contribution in [2.75, 3.05) is 0 Å². The van der Waals surface area contributed by atoms with E-state index in [0.717, 1.165) is 5.39 Å². The van der Waals surface area contributed by atoms with Crippen molar-refractivity contribution in [3.63, 3.8) is 0 Å². The van der Waals surface area contributed by atoms with E-state index < -0.39 is 6.16 Å². The molecular formula is C9H6ClNO3. The molecule has 4 nitrogen and oxygen atoms in total. The fraction of sp³-hybridized carbons (Fsp3) is 0. The van der Waals surface area contributed by atoms with E-state index in [1.54, 1.807) is 18.2 Å². The molecule has 0 saturated carbocycles. The molecule has 2 rings (SSSR count). The number of ether oxygens (including phenoxy) is 1. The highest BCUT2D eigenvalue weighted by Gasteiger charge is 2.07. The lowest BCUT2D eigenvalue weighted by atomic mass is 10.2. The molecule has 14 heavy (non-hydrogen) atoms. The van der Waals surface area contributed by atoms with Crippen LogP contribution >= 0.6 is 11.6 Å². The Labute approximate surface area is 84.1 Å². The van der Waals surface area contributed by atoms with Crippen molar-refractivity contribution in [2.45, 2.75) is 0 Å². The van der Waals surface area contributed by atoms with Crippen LogP contribution in [-0.4, -0.2) is 16.2 Å². The second kappa shape index (κ2) is 3.23. The first-order valence-electron chi connectivity index (χ1n) is 3.85. The lowest BCUT2D eigenvalue weighted by molar-refractivity contribution is 0.143. The van der Waals surface area contributed by atoms with Crippen molar-refractivity contribution < 1.29 is 14.6 Å². The fourth-order valence-corrected chi connectivity index (χ4v) is 1.47. The highest BCUT2D eigenvalue weighted by molar-refractivity contribution is 6.35. The molecule has 0 fully saturated rings. The van der Waals surface area contributed by atoms with Crippen LogP contribution in [0.15, 0.2) is 24.3 Å². The van der Waals surface area contributed by atoms with E-state index in [4.69, 9.17) is 16.7 Å². The third kappa shape index (κ3) is 1.52. The summed E-state index contributed by atoms with van der Waals surface area (Å²) in [5.74, 6) is 0.167. The second-order valence-corrected chi connectivity index (χ2v) is 3.11. The third-order valence-corrected chi connectivity index (χ3v) is 2.09. The Morgan fingerprint density at radius 3 is 2.93 bits per heavy atom. The summed E-state index contributed by atoms with van der Waals surface area (Å²) in [6.45, 7) is 0. The number of aromatic nitrogens is 1. The van der Waals surface area contributed by atoms with Crippen molar-refractivity contribution in [3.05, 3.63) is 29.3 Å². The van der Waals surface area contributed by atoms with Gasteiger partial charge in [0.05, 0.1) is 10.5 Å². The van der Waals surface area contributed by atoms with Gasteiger partial charge in [-0.15, -0.1) is 0 Å². The van der Waals surface area contributed by atoms with Crippen LogP contribution in [0.3, 0.4) is 0 Å². The van der Waals surface area contributed by atoms with E-state index in [9.17, 15) is 4.79 Å². The number of carbonyl (C=O) groups is 1. The zero-order chi connectivity index (χ0) is 10.1. The normalized spacial score (nSPS) is 10.4. The minimum absolute atomic E-state index is 0.167. The Morgan fingerprint density at radius 2 is 2.29 bits per heavy atom. The molecular weight excluding hydrogens is 206 g/mol. The van der Waals surface area contributed by atoms with Gasteiger partial charge in [-0.05, 0) is 6.07 Å². The van der Waals surface area contributed by atoms with E-state index in [1.165, 1.54) is 0 Å². The van der Waals surface area contributed by atoms with Crippen LogP contribution < -0.4 is 4.74 Å². The number of aromatic amines is 1. The molecule has 1 aromatic carbocycles. The van der Waals surface area contributed by atoms with Crippen molar-refractivity contribution >= 4 is 28.7 Å². The van der Waals surface area contributed by atoms with Crippen LogP contribution in [0.4, 0.5) is 4.79 Å². The molecule has 0 saturated heterocycles. The average Bonchev–Trinajstić information content (AvgIpc) is 2.47. The van der Waals surface area contributed by atoms with Crippen molar-refractivity contribution in [2.24, 2.45) is 0 Å². The van der Waals surface area contributed by atoms with Crippen molar-refractivity contribution in [1.82, 2.24) is 4.98 Å². The van der Waals surface area contributed by atoms with E-state index in [1.807, 2.05) is 6.07 Å². The molecule has 0 spiro atoms. The molecule has 0 unspecified atom stereocenters. The molecule has 0 bridgehead atoms. The lowest BCUT2D eigenvalue weighted by Crippen LogP contribution is -2.02. The van der Waals surface area contributed by atoms with Crippen LogP contribution in [0.2, 0.25) is 5.02 Å². The molecule has 2 N–H and O–H groups in total. The number of para-hydroxylation sites is 1. The maximum Gasteiger partial charge on any atom is 0.512 e. The Balaban J connectivity index is 2.51. The van der Waals surface area contributed by atoms with Crippen molar-refractivity contribution in [1.29, 1.82) is 0 Å². The molecule has 72 valence electrons. The minimum atomic E-state index is -1.35. The summed E-state index contributed by atoms with van der Waals surface area (Å²) in [6.07, 6.45) is -1.35. The second-order valence-electron chi connectivity index (χ2n) is 2.71. The van der Waals surface area contributed by atoms with E-state index >= 15 is 0 Å². The van der Waals surface area contributed by atoms with Gasteiger partial charge in [0, 0.05) is 11.5 Å². The molecule has 0 amide bonds. The van der Waals surface area contributed by atoms with Gasteiger partial charge in [-0.3, -0.25) is 0 Å². The number of nitrogens with one attached hydrogen (secondary N) is 1. The van der Waals surface area contributed by atoms with Gasteiger partial charge in [0.25, 0.3) is 0 Å². The highest BCUT2D eigenvalue weighted by Crippen LogP contribution is 2.26. The molecule has 1 aromatic heterocycles. The largest absolute Gasteiger partial charge is 0.512 e. The molecule has 5 heteroatoms. The molecule has 2 aromatic rings. The quantitative estimate of drug-likeness (QED) is 0.713. The summed E-state index contributed by atoms with van der Waals surface area (Å²) in [5, 5.41) is 9.73. The van der Waals surface area contributed by atoms with Crippen LogP contribution in [0.25, 0.3) is 10.9 Å². The first kappa shape index (κ1) is 8.90. The van der Waals surface area contributed by atoms with Crippen LogP contribution in [0, 0.1) is 0 Å². The number of benzene rings is 1. The first-order chi connectivity index (χ1) is 6.66. The van der Waals surface area contributed by atoms with Gasteiger partial charge in [0.15, 0.2) is 0 Å². The van der Waals surface area contributed by atoms with Gasteiger partial charge in [0.2, 0.25) is 5.88 Å². The van der Waals surface area contributed by atoms with E-state index in [-0.39, 0.29) is 5.88 Å². The zero-order valence-electron chi connectivity index (χ0n) is 6.95. The van der Waals surface area contributed by atoms with Gasteiger partial charge in [-0.25, -0.2) is 4.79 Å². The van der Waals surface area contributed by atoms with E-state index in [2.05, 4.69) is 9.72 Å². The van der Waals surface area contributed by atoms with Crippen LogP contribution in [0.5, 0.6) is 5.88 Å². The number of hydrogen-bond acceptors (Lipinski definition) is 2. The number of H-pyrrole nitrogens is 1. The SMILES string of the molecule is O=C(O)Oc1cc2cccc(Cl)c2[nH]1. The summed E-state index contributed by atoms with van der Waals surface area (Å²) < 4.78 is 4.46. The minimum Gasteiger partial charge on any atom is -0.449 e. The number of fused-ring (bicyclic) bond motifs is 1. The number of carboxylic acid groups (broad SMARTS) is 1. The average molecular weight is 212 g/mol. The predicted octanol–water partition coefficient (Wildman–Crippen LogP) is 2.88. The highest BCUT2D eigenvalue weighted by atomic mass is 35.5. The first-order valence-corrected chi connectivity index (χ1v) is 4.22. The predicted molar refractivity (Wildman–Crippen MR) is 52.0 cm³/mol. The number of rotatable bonds is 1. The Bertz CT molecular complexity index is 492. The van der Waals surface area contributed by atoms with E-state index in [0.29, 0.717) is 10.5 Å². The smallest absolute Gasteiger partial charge is 0.449 e.